The van der Waals surface area contributed by atoms with Gasteiger partial charge in [0.2, 0.25) is 0 Å². The Labute approximate surface area is 148 Å². The normalized spacial score (nSPS) is 15.9. The molecule has 1 heterocycles. The maximum atomic E-state index is 12.7. The molecule has 0 aromatic heterocycles. The molecule has 0 spiro atoms. The van der Waals surface area contributed by atoms with E-state index in [2.05, 4.69) is 9.89 Å². The lowest BCUT2D eigenvalue weighted by atomic mass is 10.2. The minimum Gasteiger partial charge on any atom is -0.494 e. The molecule has 1 aromatic carbocycles. The summed E-state index contributed by atoms with van der Waals surface area (Å²) in [6.07, 6.45) is 5.77. The molecule has 0 saturated carbocycles. The number of hydrogen-bond donors (Lipinski definition) is 1. The predicted octanol–water partition coefficient (Wildman–Crippen LogP) is 3.40. The van der Waals surface area contributed by atoms with Crippen molar-refractivity contribution in [1.29, 1.82) is 0 Å². The van der Waals surface area contributed by atoms with E-state index in [-0.39, 0.29) is 29.8 Å². The maximum Gasteiger partial charge on any atom is 0.191 e. The minimum absolute atomic E-state index is 0. The summed E-state index contributed by atoms with van der Waals surface area (Å²) >= 11 is 0. The number of aliphatic imine (C=N–C) groups is 1. The van der Waals surface area contributed by atoms with Crippen LogP contribution < -0.4 is 10.5 Å². The first-order chi connectivity index (χ1) is 10.3. The van der Waals surface area contributed by atoms with Gasteiger partial charge in [-0.25, -0.2) is 4.39 Å². The quantitative estimate of drug-likeness (QED) is 0.343. The van der Waals surface area contributed by atoms with Crippen molar-refractivity contribution in [2.75, 3.05) is 26.2 Å². The third-order valence-electron chi connectivity index (χ3n) is 3.59. The highest BCUT2D eigenvalue weighted by atomic mass is 127. The summed E-state index contributed by atoms with van der Waals surface area (Å²) in [5, 5.41) is 0. The van der Waals surface area contributed by atoms with Crippen LogP contribution in [-0.4, -0.2) is 37.1 Å². The van der Waals surface area contributed by atoms with Crippen molar-refractivity contribution in [3.63, 3.8) is 0 Å². The van der Waals surface area contributed by atoms with Gasteiger partial charge in [0.05, 0.1) is 6.61 Å². The second-order valence-electron chi connectivity index (χ2n) is 5.30. The third-order valence-corrected chi connectivity index (χ3v) is 3.59. The Kier molecular flexibility index (Phi) is 9.19. The molecule has 6 heteroatoms. The molecule has 0 bridgehead atoms. The monoisotopic (exact) mass is 421 g/mol. The molecule has 1 aromatic rings. The predicted molar refractivity (Wildman–Crippen MR) is 98.5 cm³/mol. The fourth-order valence-electron chi connectivity index (χ4n) is 2.38. The molecule has 2 N–H and O–H groups in total. The van der Waals surface area contributed by atoms with Crippen LogP contribution in [-0.2, 0) is 0 Å². The molecule has 0 atom stereocenters. The molecular weight excluding hydrogens is 396 g/mol. The summed E-state index contributed by atoms with van der Waals surface area (Å²) in [5.41, 5.74) is 6.02. The average Bonchev–Trinajstić information content (AvgIpc) is 2.78. The fraction of sp³-hybridized carbons (Fsp3) is 0.562. The van der Waals surface area contributed by atoms with Crippen molar-refractivity contribution >= 4 is 29.9 Å². The van der Waals surface area contributed by atoms with Gasteiger partial charge in [-0.1, -0.05) is 12.8 Å². The lowest BCUT2D eigenvalue weighted by Gasteiger charge is -2.21. The first kappa shape index (κ1) is 19.0. The topological polar surface area (TPSA) is 50.9 Å². The van der Waals surface area contributed by atoms with Crippen LogP contribution in [0.4, 0.5) is 4.39 Å². The second-order valence-corrected chi connectivity index (χ2v) is 5.30. The van der Waals surface area contributed by atoms with E-state index >= 15 is 0 Å². The summed E-state index contributed by atoms with van der Waals surface area (Å²) in [6, 6.07) is 6.05. The van der Waals surface area contributed by atoms with Gasteiger partial charge < -0.3 is 15.4 Å². The first-order valence-corrected chi connectivity index (χ1v) is 7.69. The van der Waals surface area contributed by atoms with Crippen LogP contribution >= 0.6 is 24.0 Å². The van der Waals surface area contributed by atoms with Gasteiger partial charge in [0.1, 0.15) is 11.6 Å². The number of likely N-dealkylation sites (tertiary alicyclic amines) is 1. The van der Waals surface area contributed by atoms with Gasteiger partial charge in [0.15, 0.2) is 5.96 Å². The SMILES string of the molecule is I.NC(=NCCCOc1ccc(F)cc1)N1CCCCCC1. The second kappa shape index (κ2) is 10.6. The van der Waals surface area contributed by atoms with E-state index in [0.29, 0.717) is 24.9 Å². The number of halogens is 2. The van der Waals surface area contributed by atoms with E-state index in [4.69, 9.17) is 10.5 Å². The smallest absolute Gasteiger partial charge is 0.191 e. The Hall–Kier alpha value is -1.05. The Morgan fingerprint density at radius 3 is 2.41 bits per heavy atom. The summed E-state index contributed by atoms with van der Waals surface area (Å²) in [6.45, 7) is 3.24. The van der Waals surface area contributed by atoms with Crippen LogP contribution in [0.25, 0.3) is 0 Å². The van der Waals surface area contributed by atoms with Gasteiger partial charge >= 0.3 is 0 Å². The van der Waals surface area contributed by atoms with E-state index in [1.54, 1.807) is 12.1 Å². The van der Waals surface area contributed by atoms with Crippen LogP contribution in [0, 0.1) is 5.82 Å². The Bertz CT molecular complexity index is 445. The lowest BCUT2D eigenvalue weighted by Crippen LogP contribution is -2.38. The molecule has 1 saturated heterocycles. The Morgan fingerprint density at radius 2 is 1.77 bits per heavy atom. The summed E-state index contributed by atoms with van der Waals surface area (Å²) in [4.78, 5) is 6.59. The van der Waals surface area contributed by atoms with Gasteiger partial charge in [0, 0.05) is 26.1 Å². The number of nitrogens with two attached hydrogens (primary N) is 1. The molecule has 2 rings (SSSR count). The number of guanidine groups is 1. The molecule has 4 nitrogen and oxygen atoms in total. The summed E-state index contributed by atoms with van der Waals surface area (Å²) in [5.74, 6) is 1.08. The van der Waals surface area contributed by atoms with Crippen LogP contribution in [0.5, 0.6) is 5.75 Å². The van der Waals surface area contributed by atoms with Crippen molar-refractivity contribution in [3.05, 3.63) is 30.1 Å². The van der Waals surface area contributed by atoms with Gasteiger partial charge in [-0.15, -0.1) is 24.0 Å². The highest BCUT2D eigenvalue weighted by Crippen LogP contribution is 2.11. The highest BCUT2D eigenvalue weighted by Gasteiger charge is 2.10. The van der Waals surface area contributed by atoms with Crippen molar-refractivity contribution in [2.45, 2.75) is 32.1 Å². The maximum absolute atomic E-state index is 12.7. The minimum atomic E-state index is -0.253. The zero-order valence-corrected chi connectivity index (χ0v) is 15.2. The Balaban J connectivity index is 0.00000242. The Morgan fingerprint density at radius 1 is 1.14 bits per heavy atom. The number of ether oxygens (including phenoxy) is 1. The summed E-state index contributed by atoms with van der Waals surface area (Å²) in [7, 11) is 0. The van der Waals surface area contributed by atoms with Gasteiger partial charge in [-0.05, 0) is 37.1 Å². The van der Waals surface area contributed by atoms with Gasteiger partial charge in [-0.3, -0.25) is 4.99 Å². The van der Waals surface area contributed by atoms with Crippen LogP contribution in [0.1, 0.15) is 32.1 Å². The highest BCUT2D eigenvalue weighted by molar-refractivity contribution is 14.0. The van der Waals surface area contributed by atoms with E-state index < -0.39 is 0 Å². The first-order valence-electron chi connectivity index (χ1n) is 7.69. The standard InChI is InChI=1S/C16H24FN3O.HI/c17-14-6-8-15(9-7-14)21-13-5-10-19-16(18)20-11-3-1-2-4-12-20;/h6-9H,1-5,10-13H2,(H2,18,19);1H. The molecule has 1 aliphatic rings. The fourth-order valence-corrected chi connectivity index (χ4v) is 2.38. The number of rotatable bonds is 5. The zero-order valence-electron chi connectivity index (χ0n) is 12.8. The molecule has 1 aliphatic heterocycles. The largest absolute Gasteiger partial charge is 0.494 e. The zero-order chi connectivity index (χ0) is 14.9. The van der Waals surface area contributed by atoms with Gasteiger partial charge in [0.25, 0.3) is 0 Å². The van der Waals surface area contributed by atoms with Crippen LogP contribution in [0.2, 0.25) is 0 Å². The number of nitrogens with zero attached hydrogens (tertiary/aromatic N) is 2. The van der Waals surface area contributed by atoms with E-state index in [0.717, 1.165) is 19.5 Å². The van der Waals surface area contributed by atoms with E-state index in [1.165, 1.54) is 37.8 Å². The van der Waals surface area contributed by atoms with Crippen molar-refractivity contribution in [2.24, 2.45) is 10.7 Å². The molecule has 0 unspecified atom stereocenters. The molecule has 1 fully saturated rings. The van der Waals surface area contributed by atoms with Crippen LogP contribution in [0.3, 0.4) is 0 Å². The molecule has 0 radical (unpaired) electrons. The van der Waals surface area contributed by atoms with E-state index in [9.17, 15) is 4.39 Å². The molecule has 124 valence electrons. The molecular formula is C16H25FIN3O. The lowest BCUT2D eigenvalue weighted by molar-refractivity contribution is 0.312. The number of benzene rings is 1. The molecule has 22 heavy (non-hydrogen) atoms. The summed E-state index contributed by atoms with van der Waals surface area (Å²) < 4.78 is 18.3. The van der Waals surface area contributed by atoms with Crippen molar-refractivity contribution in [3.8, 4) is 5.75 Å². The number of hydrogen-bond acceptors (Lipinski definition) is 2. The average molecular weight is 421 g/mol. The van der Waals surface area contributed by atoms with Gasteiger partial charge in [-0.2, -0.15) is 0 Å². The third kappa shape index (κ3) is 6.81. The van der Waals surface area contributed by atoms with E-state index in [1.807, 2.05) is 0 Å². The van der Waals surface area contributed by atoms with Crippen LogP contribution in [0.15, 0.2) is 29.3 Å². The van der Waals surface area contributed by atoms with Crippen molar-refractivity contribution in [1.82, 2.24) is 4.90 Å². The molecule has 0 amide bonds. The van der Waals surface area contributed by atoms with Crippen molar-refractivity contribution < 1.29 is 9.13 Å². The molecule has 0 aliphatic carbocycles.